The van der Waals surface area contributed by atoms with Gasteiger partial charge in [-0.15, -0.1) is 0 Å². The summed E-state index contributed by atoms with van der Waals surface area (Å²) in [6, 6.07) is 7.34. The third-order valence-electron chi connectivity index (χ3n) is 3.84. The lowest BCUT2D eigenvalue weighted by molar-refractivity contribution is -0.117. The number of amides is 1. The van der Waals surface area contributed by atoms with E-state index >= 15 is 0 Å². The summed E-state index contributed by atoms with van der Waals surface area (Å²) in [7, 11) is 0. The molecular weight excluding hydrogens is 278 g/mol. The quantitative estimate of drug-likeness (QED) is 0.815. The second-order valence-corrected chi connectivity index (χ2v) is 5.38. The zero-order valence-electron chi connectivity index (χ0n) is 13.5. The SMILES string of the molecule is CCN(CC)CCn1c(NC(=O)[C@@H](C)N)nc2ccccc21. The van der Waals surface area contributed by atoms with E-state index in [1.54, 1.807) is 6.92 Å². The predicted molar refractivity (Wildman–Crippen MR) is 89.8 cm³/mol. The van der Waals surface area contributed by atoms with Crippen LogP contribution in [-0.4, -0.2) is 46.0 Å². The van der Waals surface area contributed by atoms with Crippen LogP contribution in [0.2, 0.25) is 0 Å². The van der Waals surface area contributed by atoms with Crippen molar-refractivity contribution in [1.82, 2.24) is 14.5 Å². The molecule has 0 aliphatic rings. The minimum absolute atomic E-state index is 0.223. The van der Waals surface area contributed by atoms with E-state index in [2.05, 4.69) is 29.0 Å². The topological polar surface area (TPSA) is 76.2 Å². The van der Waals surface area contributed by atoms with E-state index in [0.717, 1.165) is 37.2 Å². The molecule has 120 valence electrons. The number of benzene rings is 1. The van der Waals surface area contributed by atoms with Gasteiger partial charge < -0.3 is 15.2 Å². The van der Waals surface area contributed by atoms with Crippen LogP contribution in [-0.2, 0) is 11.3 Å². The van der Waals surface area contributed by atoms with E-state index in [4.69, 9.17) is 5.73 Å². The van der Waals surface area contributed by atoms with Crippen molar-refractivity contribution in [3.8, 4) is 0 Å². The zero-order valence-corrected chi connectivity index (χ0v) is 13.5. The highest BCUT2D eigenvalue weighted by atomic mass is 16.2. The highest BCUT2D eigenvalue weighted by molar-refractivity contribution is 5.94. The van der Waals surface area contributed by atoms with Gasteiger partial charge in [-0.05, 0) is 32.1 Å². The third kappa shape index (κ3) is 3.64. The number of para-hydroxylation sites is 2. The van der Waals surface area contributed by atoms with E-state index in [-0.39, 0.29) is 5.91 Å². The van der Waals surface area contributed by atoms with Crippen LogP contribution in [0.15, 0.2) is 24.3 Å². The maximum atomic E-state index is 11.9. The van der Waals surface area contributed by atoms with Gasteiger partial charge in [0.2, 0.25) is 11.9 Å². The smallest absolute Gasteiger partial charge is 0.243 e. The Morgan fingerprint density at radius 2 is 2.05 bits per heavy atom. The highest BCUT2D eigenvalue weighted by Crippen LogP contribution is 2.19. The first kappa shape index (κ1) is 16.5. The summed E-state index contributed by atoms with van der Waals surface area (Å²) in [5, 5.41) is 2.83. The van der Waals surface area contributed by atoms with Gasteiger partial charge >= 0.3 is 0 Å². The Labute approximate surface area is 131 Å². The van der Waals surface area contributed by atoms with Crippen molar-refractivity contribution in [3.05, 3.63) is 24.3 Å². The van der Waals surface area contributed by atoms with Gasteiger partial charge in [0.25, 0.3) is 0 Å². The van der Waals surface area contributed by atoms with Crippen LogP contribution in [0.3, 0.4) is 0 Å². The predicted octanol–water partition coefficient (Wildman–Crippen LogP) is 1.66. The fraction of sp³-hybridized carbons (Fsp3) is 0.500. The number of rotatable bonds is 7. The number of carbonyl (C=O) groups excluding carboxylic acids is 1. The molecule has 0 fully saturated rings. The molecule has 0 saturated carbocycles. The molecule has 0 bridgehead atoms. The maximum absolute atomic E-state index is 11.9. The monoisotopic (exact) mass is 303 g/mol. The van der Waals surface area contributed by atoms with Gasteiger partial charge in [-0.2, -0.15) is 0 Å². The van der Waals surface area contributed by atoms with Crippen molar-refractivity contribution in [3.63, 3.8) is 0 Å². The summed E-state index contributed by atoms with van der Waals surface area (Å²) in [6.45, 7) is 9.65. The minimum atomic E-state index is -0.559. The molecule has 1 heterocycles. The van der Waals surface area contributed by atoms with Gasteiger partial charge in [-0.1, -0.05) is 26.0 Å². The normalized spacial score (nSPS) is 12.8. The lowest BCUT2D eigenvalue weighted by Crippen LogP contribution is -2.34. The Balaban J connectivity index is 2.29. The molecule has 0 aliphatic carbocycles. The molecule has 2 rings (SSSR count). The molecule has 0 radical (unpaired) electrons. The van der Waals surface area contributed by atoms with E-state index in [1.807, 2.05) is 28.8 Å². The Kier molecular flexibility index (Phi) is 5.51. The van der Waals surface area contributed by atoms with Gasteiger partial charge in [0.1, 0.15) is 0 Å². The molecule has 0 unspecified atom stereocenters. The molecule has 1 atom stereocenters. The summed E-state index contributed by atoms with van der Waals surface area (Å²) in [5.41, 5.74) is 7.54. The Hall–Kier alpha value is -1.92. The number of hydrogen-bond donors (Lipinski definition) is 2. The standard InChI is InChI=1S/C16H25N5O/c1-4-20(5-2)10-11-21-14-9-7-6-8-13(14)18-16(21)19-15(22)12(3)17/h6-9,12H,4-5,10-11,17H2,1-3H3,(H,18,19,22)/t12-/m1/s1. The molecule has 1 aromatic carbocycles. The van der Waals surface area contributed by atoms with E-state index in [0.29, 0.717) is 5.95 Å². The van der Waals surface area contributed by atoms with E-state index < -0.39 is 6.04 Å². The number of carbonyl (C=O) groups is 1. The van der Waals surface area contributed by atoms with Gasteiger partial charge in [0.05, 0.1) is 17.1 Å². The molecule has 3 N–H and O–H groups in total. The Bertz CT molecular complexity index is 630. The van der Waals surface area contributed by atoms with Crippen molar-refractivity contribution in [2.45, 2.75) is 33.4 Å². The lowest BCUT2D eigenvalue weighted by atomic mass is 10.3. The summed E-state index contributed by atoms with van der Waals surface area (Å²) in [6.07, 6.45) is 0. The van der Waals surface area contributed by atoms with Crippen LogP contribution in [0.25, 0.3) is 11.0 Å². The average molecular weight is 303 g/mol. The Morgan fingerprint density at radius 3 is 2.68 bits per heavy atom. The van der Waals surface area contributed by atoms with E-state index in [1.165, 1.54) is 0 Å². The molecule has 6 nitrogen and oxygen atoms in total. The molecular formula is C16H25N5O. The molecule has 22 heavy (non-hydrogen) atoms. The molecule has 1 aromatic heterocycles. The highest BCUT2D eigenvalue weighted by Gasteiger charge is 2.15. The Morgan fingerprint density at radius 1 is 1.36 bits per heavy atom. The van der Waals surface area contributed by atoms with Gasteiger partial charge in [0.15, 0.2) is 0 Å². The summed E-state index contributed by atoms with van der Waals surface area (Å²) in [5.74, 6) is 0.343. The number of aromatic nitrogens is 2. The minimum Gasteiger partial charge on any atom is -0.320 e. The van der Waals surface area contributed by atoms with Crippen LogP contribution >= 0.6 is 0 Å². The third-order valence-corrected chi connectivity index (χ3v) is 3.84. The summed E-state index contributed by atoms with van der Waals surface area (Å²) < 4.78 is 2.05. The number of anilines is 1. The number of imidazole rings is 1. The first-order chi connectivity index (χ1) is 10.6. The largest absolute Gasteiger partial charge is 0.320 e. The molecule has 0 aliphatic heterocycles. The van der Waals surface area contributed by atoms with E-state index in [9.17, 15) is 4.79 Å². The van der Waals surface area contributed by atoms with Gasteiger partial charge in [0, 0.05) is 13.1 Å². The zero-order chi connectivity index (χ0) is 16.1. The second kappa shape index (κ2) is 7.38. The molecule has 0 saturated heterocycles. The van der Waals surface area contributed by atoms with Crippen molar-refractivity contribution >= 4 is 22.9 Å². The van der Waals surface area contributed by atoms with Gasteiger partial charge in [-0.25, -0.2) is 4.98 Å². The van der Waals surface area contributed by atoms with Crippen molar-refractivity contribution in [2.75, 3.05) is 25.0 Å². The second-order valence-electron chi connectivity index (χ2n) is 5.38. The number of nitrogens with two attached hydrogens (primary N) is 1. The fourth-order valence-electron chi connectivity index (χ4n) is 2.40. The summed E-state index contributed by atoms with van der Waals surface area (Å²) >= 11 is 0. The molecule has 0 spiro atoms. The van der Waals surface area contributed by atoms with Gasteiger partial charge in [-0.3, -0.25) is 10.1 Å². The number of nitrogens with zero attached hydrogens (tertiary/aromatic N) is 3. The van der Waals surface area contributed by atoms with Crippen molar-refractivity contribution < 1.29 is 4.79 Å². The van der Waals surface area contributed by atoms with Crippen molar-refractivity contribution in [2.24, 2.45) is 5.73 Å². The van der Waals surface area contributed by atoms with Crippen LogP contribution in [0.4, 0.5) is 5.95 Å². The van der Waals surface area contributed by atoms with Crippen LogP contribution < -0.4 is 11.1 Å². The van der Waals surface area contributed by atoms with Crippen LogP contribution in [0, 0.1) is 0 Å². The van der Waals surface area contributed by atoms with Crippen LogP contribution in [0.5, 0.6) is 0 Å². The average Bonchev–Trinajstić information content (AvgIpc) is 2.85. The van der Waals surface area contributed by atoms with Crippen LogP contribution in [0.1, 0.15) is 20.8 Å². The number of fused-ring (bicyclic) bond motifs is 1. The summed E-state index contributed by atoms with van der Waals surface area (Å²) in [4.78, 5) is 18.8. The molecule has 6 heteroatoms. The lowest BCUT2D eigenvalue weighted by Gasteiger charge is -2.19. The first-order valence-electron chi connectivity index (χ1n) is 7.80. The molecule has 2 aromatic rings. The fourth-order valence-corrected chi connectivity index (χ4v) is 2.40. The number of nitrogens with one attached hydrogen (secondary N) is 1. The first-order valence-corrected chi connectivity index (χ1v) is 7.80. The van der Waals surface area contributed by atoms with Crippen molar-refractivity contribution in [1.29, 1.82) is 0 Å². The number of likely N-dealkylation sites (N-methyl/N-ethyl adjacent to an activating group) is 1. The maximum Gasteiger partial charge on any atom is 0.243 e. The number of hydrogen-bond acceptors (Lipinski definition) is 4. The molecule has 1 amide bonds.